The van der Waals surface area contributed by atoms with E-state index in [1.54, 1.807) is 29.2 Å². The van der Waals surface area contributed by atoms with Crippen molar-refractivity contribution >= 4 is 42.4 Å². The Hall–Kier alpha value is -1.87. The maximum Gasteiger partial charge on any atom is 0.335 e. The summed E-state index contributed by atoms with van der Waals surface area (Å²) in [6.45, 7) is 2.48. The maximum atomic E-state index is 13.3. The van der Waals surface area contributed by atoms with Gasteiger partial charge in [-0.2, -0.15) is 0 Å². The van der Waals surface area contributed by atoms with Crippen molar-refractivity contribution in [1.82, 2.24) is 4.90 Å². The molecule has 0 radical (unpaired) electrons. The molecule has 1 amide bonds. The molecule has 1 heterocycles. The number of carbonyl (C=O) groups is 2. The summed E-state index contributed by atoms with van der Waals surface area (Å²) in [5, 5.41) is 9.61. The van der Waals surface area contributed by atoms with Gasteiger partial charge in [-0.05, 0) is 49.1 Å². The van der Waals surface area contributed by atoms with Crippen molar-refractivity contribution in [3.8, 4) is 11.5 Å². The third-order valence-electron chi connectivity index (χ3n) is 4.92. The molecular weight excluding hydrogens is 420 g/mol. The third kappa shape index (κ3) is 3.96. The largest absolute Gasteiger partial charge is 0.479 e. The van der Waals surface area contributed by atoms with Crippen LogP contribution in [0.15, 0.2) is 30.3 Å². The zero-order valence-corrected chi connectivity index (χ0v) is 18.2. The van der Waals surface area contributed by atoms with Crippen LogP contribution in [0.5, 0.6) is 11.5 Å². The second-order valence-corrected chi connectivity index (χ2v) is 7.43. The van der Waals surface area contributed by atoms with Crippen molar-refractivity contribution in [2.75, 3.05) is 6.54 Å². The average Bonchev–Trinajstić information content (AvgIpc) is 3.16. The summed E-state index contributed by atoms with van der Waals surface area (Å²) in [6.07, 6.45) is 1.58. The van der Waals surface area contributed by atoms with Crippen LogP contribution in [0.3, 0.4) is 0 Å². The molecule has 1 aliphatic heterocycles. The molecule has 0 aromatic heterocycles. The summed E-state index contributed by atoms with van der Waals surface area (Å²) >= 11 is 6.21. The van der Waals surface area contributed by atoms with E-state index in [2.05, 4.69) is 18.9 Å². The zero-order chi connectivity index (χ0) is 20.4. The molecule has 1 N–H and O–H groups in total. The van der Waals surface area contributed by atoms with Gasteiger partial charge in [-0.25, -0.2) is 4.79 Å². The molecule has 6 nitrogen and oxygen atoms in total. The van der Waals surface area contributed by atoms with Gasteiger partial charge in [0.2, 0.25) is 0 Å². The summed E-state index contributed by atoms with van der Waals surface area (Å²) in [5.41, 5.74) is 2.32. The maximum absolute atomic E-state index is 13.3. The van der Waals surface area contributed by atoms with Crippen LogP contribution in [0.4, 0.5) is 0 Å². The number of carboxylic acid groups (broad SMARTS) is 1. The molecule has 1 fully saturated rings. The number of likely N-dealkylation sites (tertiary alicyclic amines) is 1. The Morgan fingerprint density at radius 3 is 2.54 bits per heavy atom. The van der Waals surface area contributed by atoms with Gasteiger partial charge in [0.05, 0.1) is 41.1 Å². The topological polar surface area (TPSA) is 76.1 Å². The lowest BCUT2D eigenvalue weighted by molar-refractivity contribution is 0.0696. The number of benzene rings is 2. The molecule has 9 heteroatoms. The molecule has 1 saturated heterocycles. The van der Waals surface area contributed by atoms with Crippen molar-refractivity contribution < 1.29 is 23.7 Å². The molecule has 2 aromatic carbocycles. The van der Waals surface area contributed by atoms with Gasteiger partial charge in [0.25, 0.3) is 5.91 Å². The Morgan fingerprint density at radius 1 is 1.18 bits per heavy atom. The highest BCUT2D eigenvalue weighted by Gasteiger charge is 2.33. The van der Waals surface area contributed by atoms with Gasteiger partial charge in [-0.15, -0.1) is 0 Å². The quantitative estimate of drug-likeness (QED) is 0.686. The van der Waals surface area contributed by atoms with E-state index in [9.17, 15) is 14.7 Å². The molecule has 3 atom stereocenters. The second-order valence-electron chi connectivity index (χ2n) is 6.55. The van der Waals surface area contributed by atoms with E-state index in [0.717, 1.165) is 24.0 Å². The minimum Gasteiger partial charge on any atom is -0.479 e. The third-order valence-corrected chi connectivity index (χ3v) is 5.72. The Labute approximate surface area is 172 Å². The summed E-state index contributed by atoms with van der Waals surface area (Å²) < 4.78 is 10.4. The Bertz CT molecular complexity index is 937. The first-order chi connectivity index (χ1) is 13.4. The van der Waals surface area contributed by atoms with Crippen LogP contribution in [0.1, 0.15) is 50.7 Å². The van der Waals surface area contributed by atoms with E-state index in [-0.39, 0.29) is 17.5 Å². The Morgan fingerprint density at radius 2 is 1.89 bits per heavy atom. The van der Waals surface area contributed by atoms with Crippen molar-refractivity contribution in [2.45, 2.75) is 25.8 Å². The molecule has 1 aliphatic rings. The standard InChI is InChI=1S/C19H20ClNO5P2/c1-10-4-5-11(19(23)24)7-12(10)15-3-2-6-21(15)18(22)13-8-14(20)17(26-28)9-16(13)25-27/h4-5,7-9,15H,2-3,6,27-28H2,1H3,(H,23,24). The molecule has 3 unspecified atom stereocenters. The fraction of sp³-hybridized carbons (Fsp3) is 0.263. The number of aryl methyl sites for hydroxylation is 1. The molecule has 3 rings (SSSR count). The van der Waals surface area contributed by atoms with E-state index in [0.29, 0.717) is 28.6 Å². The van der Waals surface area contributed by atoms with Crippen molar-refractivity contribution in [3.63, 3.8) is 0 Å². The minimum atomic E-state index is -0.990. The van der Waals surface area contributed by atoms with E-state index in [1.807, 2.05) is 6.92 Å². The van der Waals surface area contributed by atoms with E-state index in [1.165, 1.54) is 6.07 Å². The minimum absolute atomic E-state index is 0.207. The number of nitrogens with zero attached hydrogens (tertiary/aromatic N) is 1. The first-order valence-electron chi connectivity index (χ1n) is 8.59. The van der Waals surface area contributed by atoms with Crippen LogP contribution in [0.25, 0.3) is 0 Å². The predicted molar refractivity (Wildman–Crippen MR) is 113 cm³/mol. The molecule has 28 heavy (non-hydrogen) atoms. The number of carboxylic acids is 1. The van der Waals surface area contributed by atoms with Crippen LogP contribution >= 0.6 is 30.5 Å². The molecule has 0 bridgehead atoms. The fourth-order valence-corrected chi connectivity index (χ4v) is 4.18. The molecular formula is C19H20ClNO5P2. The molecule has 0 aliphatic carbocycles. The van der Waals surface area contributed by atoms with Gasteiger partial charge in [0.15, 0.2) is 0 Å². The van der Waals surface area contributed by atoms with E-state index < -0.39 is 5.97 Å². The fourth-order valence-electron chi connectivity index (χ4n) is 3.51. The lowest BCUT2D eigenvalue weighted by atomic mass is 9.96. The summed E-state index contributed by atoms with van der Waals surface area (Å²) in [6, 6.07) is 7.87. The summed E-state index contributed by atoms with van der Waals surface area (Å²) in [5.74, 6) is -0.505. The smallest absolute Gasteiger partial charge is 0.335 e. The number of carbonyl (C=O) groups excluding carboxylic acids is 1. The normalized spacial score (nSPS) is 16.1. The van der Waals surface area contributed by atoms with Gasteiger partial charge < -0.3 is 19.1 Å². The lowest BCUT2D eigenvalue weighted by Gasteiger charge is -2.27. The number of amides is 1. The number of aromatic carboxylic acids is 1. The predicted octanol–water partition coefficient (Wildman–Crippen LogP) is 4.66. The number of rotatable bonds is 5. The van der Waals surface area contributed by atoms with Gasteiger partial charge >= 0.3 is 5.97 Å². The highest BCUT2D eigenvalue weighted by molar-refractivity contribution is 7.10. The second kappa shape index (κ2) is 8.65. The molecule has 0 spiro atoms. The highest BCUT2D eigenvalue weighted by Crippen LogP contribution is 2.39. The van der Waals surface area contributed by atoms with Gasteiger partial charge in [-0.1, -0.05) is 17.7 Å². The SMILES string of the molecule is Cc1ccc(C(=O)O)cc1C1CCCN1C(=O)c1cc(Cl)c(OP)cc1OP. The van der Waals surface area contributed by atoms with Gasteiger partial charge in [-0.3, -0.25) is 4.79 Å². The Kier molecular flexibility index (Phi) is 6.44. The monoisotopic (exact) mass is 439 g/mol. The van der Waals surface area contributed by atoms with Crippen molar-refractivity contribution in [3.05, 3.63) is 57.6 Å². The van der Waals surface area contributed by atoms with Crippen LogP contribution in [0, 0.1) is 6.92 Å². The van der Waals surface area contributed by atoms with Crippen LogP contribution in [0.2, 0.25) is 5.02 Å². The molecule has 0 saturated carbocycles. The Balaban J connectivity index is 2.00. The van der Waals surface area contributed by atoms with Crippen molar-refractivity contribution in [1.29, 1.82) is 0 Å². The lowest BCUT2D eigenvalue weighted by Crippen LogP contribution is -2.31. The van der Waals surface area contributed by atoms with E-state index in [4.69, 9.17) is 20.6 Å². The highest BCUT2D eigenvalue weighted by atomic mass is 35.5. The van der Waals surface area contributed by atoms with Gasteiger partial charge in [0, 0.05) is 12.6 Å². The van der Waals surface area contributed by atoms with Crippen molar-refractivity contribution in [2.24, 2.45) is 0 Å². The van der Waals surface area contributed by atoms with E-state index >= 15 is 0 Å². The molecule has 2 aromatic rings. The number of halogens is 1. The average molecular weight is 440 g/mol. The molecule has 148 valence electrons. The first kappa shape index (κ1) is 20.9. The van der Waals surface area contributed by atoms with Crippen LogP contribution in [-0.2, 0) is 0 Å². The first-order valence-corrected chi connectivity index (χ1v) is 9.91. The number of hydrogen-bond donors (Lipinski definition) is 1. The van der Waals surface area contributed by atoms with Crippen LogP contribution in [-0.4, -0.2) is 28.4 Å². The van der Waals surface area contributed by atoms with Gasteiger partial charge in [0.1, 0.15) is 11.5 Å². The summed E-state index contributed by atoms with van der Waals surface area (Å²) in [7, 11) is 4.23. The van der Waals surface area contributed by atoms with Crippen LogP contribution < -0.4 is 9.05 Å². The summed E-state index contributed by atoms with van der Waals surface area (Å²) in [4.78, 5) is 26.4. The number of hydrogen-bond acceptors (Lipinski definition) is 4. The zero-order valence-electron chi connectivity index (χ0n) is 15.1.